The molecule has 2 unspecified atom stereocenters. The van der Waals surface area contributed by atoms with E-state index in [1.807, 2.05) is 6.92 Å². The van der Waals surface area contributed by atoms with E-state index in [2.05, 4.69) is 10.6 Å². The van der Waals surface area contributed by atoms with Crippen LogP contribution in [0.25, 0.3) is 0 Å². The highest BCUT2D eigenvalue weighted by molar-refractivity contribution is 5.79. The number of rotatable bonds is 5. The van der Waals surface area contributed by atoms with Gasteiger partial charge in [0.1, 0.15) is 0 Å². The zero-order valence-corrected chi connectivity index (χ0v) is 12.2. The molecule has 0 saturated carbocycles. The van der Waals surface area contributed by atoms with Crippen LogP contribution in [0.2, 0.25) is 0 Å². The molecule has 118 valence electrons. The van der Waals surface area contributed by atoms with Crippen molar-refractivity contribution in [2.45, 2.75) is 38.3 Å². The molecular weight excluding hydrogens is 276 g/mol. The van der Waals surface area contributed by atoms with Crippen LogP contribution >= 0.6 is 0 Å². The Morgan fingerprint density at radius 2 is 2.24 bits per heavy atom. The fourth-order valence-corrected chi connectivity index (χ4v) is 2.72. The fraction of sp³-hybridized carbons (Fsp3) is 0.769. The van der Waals surface area contributed by atoms with E-state index in [-0.39, 0.29) is 30.6 Å². The van der Waals surface area contributed by atoms with Crippen LogP contribution < -0.4 is 10.6 Å². The Labute approximate surface area is 123 Å². The number of hydrogen-bond acceptors (Lipinski definition) is 3. The molecule has 0 aromatic rings. The molecule has 2 heterocycles. The van der Waals surface area contributed by atoms with Gasteiger partial charge < -0.3 is 25.5 Å². The molecule has 2 rings (SSSR count). The van der Waals surface area contributed by atoms with Crippen molar-refractivity contribution in [2.75, 3.05) is 26.2 Å². The van der Waals surface area contributed by atoms with Crippen LogP contribution in [0.4, 0.5) is 9.59 Å². The third kappa shape index (κ3) is 3.99. The second kappa shape index (κ2) is 6.64. The number of fused-ring (bicyclic) bond motifs is 1. The number of carboxylic acid groups (broad SMARTS) is 1. The van der Waals surface area contributed by atoms with E-state index >= 15 is 0 Å². The number of piperazine rings is 1. The molecule has 0 aromatic heterocycles. The van der Waals surface area contributed by atoms with Gasteiger partial charge in [0.25, 0.3) is 0 Å². The molecule has 8 nitrogen and oxygen atoms in total. The summed E-state index contributed by atoms with van der Waals surface area (Å²) in [5.41, 5.74) is 0. The predicted molar refractivity (Wildman–Crippen MR) is 74.9 cm³/mol. The van der Waals surface area contributed by atoms with Crippen molar-refractivity contribution in [3.05, 3.63) is 0 Å². The average Bonchev–Trinajstić information content (AvgIpc) is 2.79. The Kier molecular flexibility index (Phi) is 4.87. The van der Waals surface area contributed by atoms with Crippen LogP contribution in [-0.2, 0) is 4.79 Å². The Morgan fingerprint density at radius 3 is 2.95 bits per heavy atom. The second-order valence-corrected chi connectivity index (χ2v) is 5.62. The quantitative estimate of drug-likeness (QED) is 0.667. The maximum Gasteiger partial charge on any atom is 0.317 e. The predicted octanol–water partition coefficient (Wildman–Crippen LogP) is 0.0488. The summed E-state index contributed by atoms with van der Waals surface area (Å²) >= 11 is 0. The van der Waals surface area contributed by atoms with Crippen molar-refractivity contribution in [3.63, 3.8) is 0 Å². The molecule has 21 heavy (non-hydrogen) atoms. The number of nitrogens with one attached hydrogen (secondary N) is 2. The number of carbonyl (C=O) groups is 3. The third-order valence-corrected chi connectivity index (χ3v) is 3.92. The lowest BCUT2D eigenvalue weighted by Gasteiger charge is -2.36. The molecule has 2 aliphatic rings. The van der Waals surface area contributed by atoms with E-state index in [1.165, 1.54) is 0 Å². The number of nitrogens with zero attached hydrogens (tertiary/aromatic N) is 2. The topological polar surface area (TPSA) is 102 Å². The molecule has 0 bridgehead atoms. The lowest BCUT2D eigenvalue weighted by atomic mass is 10.1. The molecule has 8 heteroatoms. The zero-order valence-electron chi connectivity index (χ0n) is 12.2. The maximum absolute atomic E-state index is 12.2. The Hall–Kier alpha value is -1.99. The lowest BCUT2D eigenvalue weighted by molar-refractivity contribution is -0.137. The smallest absolute Gasteiger partial charge is 0.317 e. The van der Waals surface area contributed by atoms with Gasteiger partial charge in [0.15, 0.2) is 0 Å². The Bertz CT molecular complexity index is 428. The average molecular weight is 298 g/mol. The largest absolute Gasteiger partial charge is 0.481 e. The molecule has 0 aliphatic carbocycles. The van der Waals surface area contributed by atoms with Gasteiger partial charge in [-0.3, -0.25) is 4.79 Å². The van der Waals surface area contributed by atoms with E-state index in [9.17, 15) is 14.4 Å². The molecule has 4 amide bonds. The van der Waals surface area contributed by atoms with Gasteiger partial charge >= 0.3 is 18.0 Å². The molecule has 2 aliphatic heterocycles. The van der Waals surface area contributed by atoms with Gasteiger partial charge in [0.05, 0.1) is 6.04 Å². The molecule has 0 aromatic carbocycles. The van der Waals surface area contributed by atoms with E-state index < -0.39 is 5.97 Å². The second-order valence-electron chi connectivity index (χ2n) is 5.62. The molecule has 2 fully saturated rings. The minimum atomic E-state index is -0.817. The van der Waals surface area contributed by atoms with E-state index in [1.54, 1.807) is 9.80 Å². The van der Waals surface area contributed by atoms with Crippen LogP contribution in [0.5, 0.6) is 0 Å². The first-order valence-electron chi connectivity index (χ1n) is 7.29. The number of amides is 4. The third-order valence-electron chi connectivity index (χ3n) is 3.92. The number of carboxylic acids is 1. The van der Waals surface area contributed by atoms with Gasteiger partial charge in [-0.15, -0.1) is 0 Å². The Morgan fingerprint density at radius 1 is 1.48 bits per heavy atom. The van der Waals surface area contributed by atoms with Crippen LogP contribution in [-0.4, -0.2) is 71.2 Å². The molecule has 2 atom stereocenters. The number of aliphatic carboxylic acids is 1. The summed E-state index contributed by atoms with van der Waals surface area (Å²) in [4.78, 5) is 37.6. The minimum Gasteiger partial charge on any atom is -0.481 e. The molecule has 2 saturated heterocycles. The van der Waals surface area contributed by atoms with Gasteiger partial charge in [-0.05, 0) is 19.8 Å². The minimum absolute atomic E-state index is 0.0536. The summed E-state index contributed by atoms with van der Waals surface area (Å²) in [7, 11) is 0. The molecular formula is C13H22N4O4. The van der Waals surface area contributed by atoms with Crippen molar-refractivity contribution in [2.24, 2.45) is 0 Å². The van der Waals surface area contributed by atoms with E-state index in [4.69, 9.17) is 5.11 Å². The first-order valence-corrected chi connectivity index (χ1v) is 7.29. The first kappa shape index (κ1) is 15.4. The highest BCUT2D eigenvalue weighted by atomic mass is 16.4. The van der Waals surface area contributed by atoms with Gasteiger partial charge in [-0.1, -0.05) is 0 Å². The highest BCUT2D eigenvalue weighted by Crippen LogP contribution is 2.14. The maximum atomic E-state index is 12.2. The summed E-state index contributed by atoms with van der Waals surface area (Å²) < 4.78 is 0. The SMILES string of the molecule is CC(CCCC(=O)O)NC(=O)N1CCN2C(=O)NCC2C1. The summed E-state index contributed by atoms with van der Waals surface area (Å²) in [6.45, 7) is 4.06. The standard InChI is InChI=1S/C13H22N4O4/c1-9(3-2-4-11(18)19)15-13(21)16-5-6-17-10(8-16)7-14-12(17)20/h9-10H,2-8H2,1H3,(H,14,20)(H,15,21)(H,18,19). The Balaban J connectivity index is 1.73. The summed E-state index contributed by atoms with van der Waals surface area (Å²) in [6.07, 6.45) is 1.31. The van der Waals surface area contributed by atoms with Crippen LogP contribution in [0.1, 0.15) is 26.2 Å². The van der Waals surface area contributed by atoms with Gasteiger partial charge in [0, 0.05) is 38.6 Å². The van der Waals surface area contributed by atoms with Crippen molar-refractivity contribution < 1.29 is 19.5 Å². The van der Waals surface area contributed by atoms with Gasteiger partial charge in [0.2, 0.25) is 0 Å². The zero-order chi connectivity index (χ0) is 15.4. The molecule has 3 N–H and O–H groups in total. The van der Waals surface area contributed by atoms with Gasteiger partial charge in [-0.25, -0.2) is 9.59 Å². The normalized spacial score (nSPS) is 22.5. The van der Waals surface area contributed by atoms with Crippen molar-refractivity contribution >= 4 is 18.0 Å². The van der Waals surface area contributed by atoms with Crippen LogP contribution in [0.3, 0.4) is 0 Å². The summed E-state index contributed by atoms with van der Waals surface area (Å²) in [6, 6.07) is -0.198. The van der Waals surface area contributed by atoms with Crippen LogP contribution in [0.15, 0.2) is 0 Å². The highest BCUT2D eigenvalue weighted by Gasteiger charge is 2.36. The van der Waals surface area contributed by atoms with E-state index in [0.29, 0.717) is 39.0 Å². The van der Waals surface area contributed by atoms with Crippen molar-refractivity contribution in [1.82, 2.24) is 20.4 Å². The number of carbonyl (C=O) groups excluding carboxylic acids is 2. The summed E-state index contributed by atoms with van der Waals surface area (Å²) in [5.74, 6) is -0.817. The van der Waals surface area contributed by atoms with Crippen molar-refractivity contribution in [1.29, 1.82) is 0 Å². The fourth-order valence-electron chi connectivity index (χ4n) is 2.72. The number of hydrogen-bond donors (Lipinski definition) is 3. The van der Waals surface area contributed by atoms with Crippen LogP contribution in [0, 0.1) is 0 Å². The molecule has 0 radical (unpaired) electrons. The van der Waals surface area contributed by atoms with E-state index in [0.717, 1.165) is 0 Å². The molecule has 0 spiro atoms. The first-order chi connectivity index (χ1) is 9.97. The summed E-state index contributed by atoms with van der Waals surface area (Å²) in [5, 5.41) is 14.2. The van der Waals surface area contributed by atoms with Crippen molar-refractivity contribution in [3.8, 4) is 0 Å². The monoisotopic (exact) mass is 298 g/mol. The number of urea groups is 2. The van der Waals surface area contributed by atoms with Gasteiger partial charge in [-0.2, -0.15) is 0 Å². The lowest BCUT2D eigenvalue weighted by Crippen LogP contribution is -2.56.